The van der Waals surface area contributed by atoms with E-state index >= 15 is 0 Å². The van der Waals surface area contributed by atoms with Crippen LogP contribution in [-0.2, 0) is 6.54 Å². The van der Waals surface area contributed by atoms with E-state index in [-0.39, 0.29) is 12.4 Å². The molecule has 0 spiro atoms. The Morgan fingerprint density at radius 3 is 2.81 bits per heavy atom. The minimum Gasteiger partial charge on any atom is -0.319 e. The van der Waals surface area contributed by atoms with Crippen LogP contribution < -0.4 is 5.32 Å². The highest BCUT2D eigenvalue weighted by atomic mass is 35.5. The number of hydrogen-bond donors (Lipinski definition) is 1. The van der Waals surface area contributed by atoms with Gasteiger partial charge in [-0.15, -0.1) is 12.4 Å². The van der Waals surface area contributed by atoms with Crippen molar-refractivity contribution in [1.82, 2.24) is 15.2 Å². The Balaban J connectivity index is 0.00000161. The van der Waals surface area contributed by atoms with Crippen LogP contribution in [0.5, 0.6) is 0 Å². The average Bonchev–Trinajstić information content (AvgIpc) is 2.49. The predicted molar refractivity (Wildman–Crippen MR) is 90.9 cm³/mol. The molecule has 0 amide bonds. The Morgan fingerprint density at radius 1 is 1.24 bits per heavy atom. The summed E-state index contributed by atoms with van der Waals surface area (Å²) in [5.41, 5.74) is 2.49. The first-order valence-corrected chi connectivity index (χ1v) is 7.56. The molecule has 1 aromatic heterocycles. The number of pyridine rings is 1. The Labute approximate surface area is 133 Å². The van der Waals surface area contributed by atoms with Crippen molar-refractivity contribution in [1.29, 1.82) is 0 Å². The molecule has 1 aromatic carbocycles. The number of piperidine rings is 1. The third-order valence-electron chi connectivity index (χ3n) is 4.27. The maximum Gasteiger partial charge on any atom is 0.0702 e. The Morgan fingerprint density at radius 2 is 2.05 bits per heavy atom. The minimum absolute atomic E-state index is 0. The van der Waals surface area contributed by atoms with Crippen molar-refractivity contribution in [3.8, 4) is 0 Å². The van der Waals surface area contributed by atoms with Crippen LogP contribution in [-0.4, -0.2) is 36.6 Å². The maximum absolute atomic E-state index is 4.38. The molecular weight excluding hydrogens is 282 g/mol. The first-order chi connectivity index (χ1) is 9.85. The Hall–Kier alpha value is -1.16. The van der Waals surface area contributed by atoms with Crippen molar-refractivity contribution in [2.75, 3.05) is 26.7 Å². The molecule has 2 aromatic rings. The van der Waals surface area contributed by atoms with E-state index in [1.807, 2.05) is 12.3 Å². The third-order valence-corrected chi connectivity index (χ3v) is 4.27. The summed E-state index contributed by atoms with van der Waals surface area (Å²) in [4.78, 5) is 6.95. The highest BCUT2D eigenvalue weighted by Gasteiger charge is 2.18. The summed E-state index contributed by atoms with van der Waals surface area (Å²) in [6.07, 6.45) is 4.49. The van der Waals surface area contributed by atoms with Crippen molar-refractivity contribution in [2.24, 2.45) is 5.92 Å². The van der Waals surface area contributed by atoms with Gasteiger partial charge in [0.25, 0.3) is 0 Å². The zero-order valence-corrected chi connectivity index (χ0v) is 13.4. The summed E-state index contributed by atoms with van der Waals surface area (Å²) >= 11 is 0. The number of hydrogen-bond acceptors (Lipinski definition) is 3. The molecule has 0 aliphatic carbocycles. The van der Waals surface area contributed by atoms with Crippen molar-refractivity contribution in [2.45, 2.75) is 19.4 Å². The zero-order valence-electron chi connectivity index (χ0n) is 12.6. The van der Waals surface area contributed by atoms with Crippen LogP contribution in [0, 0.1) is 5.92 Å². The molecule has 0 saturated carbocycles. The molecule has 1 N–H and O–H groups in total. The number of halogens is 1. The number of rotatable bonds is 4. The summed E-state index contributed by atoms with van der Waals surface area (Å²) in [7, 11) is 2.05. The first kappa shape index (κ1) is 16.2. The SMILES string of the molecule is CNCC1CCN(Cc2ccc3ncccc3c2)CC1.Cl. The molecule has 2 heterocycles. The molecule has 1 fully saturated rings. The molecule has 0 bridgehead atoms. The zero-order chi connectivity index (χ0) is 13.8. The number of nitrogens with one attached hydrogen (secondary N) is 1. The number of likely N-dealkylation sites (tertiary alicyclic amines) is 1. The topological polar surface area (TPSA) is 28.2 Å². The fourth-order valence-electron chi connectivity index (χ4n) is 3.12. The lowest BCUT2D eigenvalue weighted by Crippen LogP contribution is -2.36. The summed E-state index contributed by atoms with van der Waals surface area (Å²) in [6, 6.07) is 10.8. The quantitative estimate of drug-likeness (QED) is 0.941. The predicted octanol–water partition coefficient (Wildman–Crippen LogP) is 3.09. The summed E-state index contributed by atoms with van der Waals surface area (Å²) in [5.74, 6) is 0.858. The smallest absolute Gasteiger partial charge is 0.0702 e. The molecule has 1 aliphatic rings. The monoisotopic (exact) mass is 305 g/mol. The maximum atomic E-state index is 4.38. The number of aromatic nitrogens is 1. The van der Waals surface area contributed by atoms with Gasteiger partial charge in [-0.1, -0.05) is 12.1 Å². The molecule has 114 valence electrons. The van der Waals surface area contributed by atoms with Crippen molar-refractivity contribution in [3.05, 3.63) is 42.1 Å². The minimum atomic E-state index is 0. The van der Waals surface area contributed by atoms with Gasteiger partial charge < -0.3 is 5.32 Å². The van der Waals surface area contributed by atoms with Crippen LogP contribution >= 0.6 is 12.4 Å². The molecule has 1 aliphatic heterocycles. The van der Waals surface area contributed by atoms with Gasteiger partial charge in [0.15, 0.2) is 0 Å². The van der Waals surface area contributed by atoms with E-state index in [1.165, 1.54) is 36.9 Å². The van der Waals surface area contributed by atoms with Crippen LogP contribution in [0.25, 0.3) is 10.9 Å². The lowest BCUT2D eigenvalue weighted by atomic mass is 9.96. The van der Waals surface area contributed by atoms with Crippen molar-refractivity contribution in [3.63, 3.8) is 0 Å². The number of nitrogens with zero attached hydrogens (tertiary/aromatic N) is 2. The molecule has 1 saturated heterocycles. The van der Waals surface area contributed by atoms with Gasteiger partial charge in [-0.3, -0.25) is 9.88 Å². The van der Waals surface area contributed by atoms with Crippen LogP contribution in [0.3, 0.4) is 0 Å². The normalized spacial score (nSPS) is 16.8. The van der Waals surface area contributed by atoms with E-state index in [0.29, 0.717) is 0 Å². The third kappa shape index (κ3) is 4.16. The molecule has 21 heavy (non-hydrogen) atoms. The van der Waals surface area contributed by atoms with Gasteiger partial charge in [-0.2, -0.15) is 0 Å². The summed E-state index contributed by atoms with van der Waals surface area (Å²) < 4.78 is 0. The summed E-state index contributed by atoms with van der Waals surface area (Å²) in [5, 5.41) is 4.54. The standard InChI is InChI=1S/C17H23N3.ClH/c1-18-12-14-6-9-20(10-7-14)13-15-4-5-17-16(11-15)3-2-8-19-17;/h2-5,8,11,14,18H,6-7,9-10,12-13H2,1H3;1H. The second-order valence-corrected chi connectivity index (χ2v) is 5.81. The van der Waals surface area contributed by atoms with E-state index < -0.39 is 0 Å². The van der Waals surface area contributed by atoms with E-state index in [2.05, 4.69) is 46.5 Å². The van der Waals surface area contributed by atoms with Gasteiger partial charge in [0.2, 0.25) is 0 Å². The van der Waals surface area contributed by atoms with Gasteiger partial charge >= 0.3 is 0 Å². The summed E-state index contributed by atoms with van der Waals surface area (Å²) in [6.45, 7) is 4.67. The fourth-order valence-corrected chi connectivity index (χ4v) is 3.12. The highest BCUT2D eigenvalue weighted by molar-refractivity contribution is 5.85. The molecule has 0 radical (unpaired) electrons. The molecule has 4 heteroatoms. The van der Waals surface area contributed by atoms with Gasteiger partial charge in [-0.05, 0) is 69.2 Å². The van der Waals surface area contributed by atoms with Crippen LogP contribution in [0.1, 0.15) is 18.4 Å². The van der Waals surface area contributed by atoms with Crippen LogP contribution in [0.4, 0.5) is 0 Å². The number of fused-ring (bicyclic) bond motifs is 1. The van der Waals surface area contributed by atoms with E-state index in [9.17, 15) is 0 Å². The van der Waals surface area contributed by atoms with E-state index in [1.54, 1.807) is 0 Å². The lowest BCUT2D eigenvalue weighted by molar-refractivity contribution is 0.177. The van der Waals surface area contributed by atoms with E-state index in [4.69, 9.17) is 0 Å². The van der Waals surface area contributed by atoms with E-state index in [0.717, 1.165) is 24.5 Å². The molecule has 0 atom stereocenters. The second-order valence-electron chi connectivity index (χ2n) is 5.81. The number of benzene rings is 1. The van der Waals surface area contributed by atoms with Crippen LogP contribution in [0.15, 0.2) is 36.5 Å². The van der Waals surface area contributed by atoms with Crippen LogP contribution in [0.2, 0.25) is 0 Å². The first-order valence-electron chi connectivity index (χ1n) is 7.56. The van der Waals surface area contributed by atoms with Crippen molar-refractivity contribution >= 4 is 23.3 Å². The Bertz CT molecular complexity index is 565. The molecular formula is C17H24ClN3. The fraction of sp³-hybridized carbons (Fsp3) is 0.471. The average molecular weight is 306 g/mol. The molecule has 3 nitrogen and oxygen atoms in total. The van der Waals surface area contributed by atoms with Gasteiger partial charge in [0.1, 0.15) is 0 Å². The second kappa shape index (κ2) is 7.74. The van der Waals surface area contributed by atoms with Gasteiger partial charge in [0, 0.05) is 18.1 Å². The molecule has 0 unspecified atom stereocenters. The highest BCUT2D eigenvalue weighted by Crippen LogP contribution is 2.20. The van der Waals surface area contributed by atoms with Gasteiger partial charge in [-0.25, -0.2) is 0 Å². The van der Waals surface area contributed by atoms with Gasteiger partial charge in [0.05, 0.1) is 5.52 Å². The van der Waals surface area contributed by atoms with Crippen molar-refractivity contribution < 1.29 is 0 Å². The molecule has 3 rings (SSSR count). The lowest BCUT2D eigenvalue weighted by Gasteiger charge is -2.31. The Kier molecular flexibility index (Phi) is 5.97. The largest absolute Gasteiger partial charge is 0.319 e.